The molecule has 0 bridgehead atoms. The van der Waals surface area contributed by atoms with Crippen molar-refractivity contribution in [3.63, 3.8) is 0 Å². The van der Waals surface area contributed by atoms with Gasteiger partial charge in [0.15, 0.2) is 11.3 Å². The zero-order valence-corrected chi connectivity index (χ0v) is 11.0. The molecule has 0 saturated carbocycles. The van der Waals surface area contributed by atoms with Crippen molar-refractivity contribution in [2.45, 2.75) is 0 Å². The van der Waals surface area contributed by atoms with Crippen molar-refractivity contribution in [1.29, 1.82) is 0 Å². The van der Waals surface area contributed by atoms with Crippen LogP contribution in [-0.2, 0) is 0 Å². The number of pyridine rings is 2. The molecule has 1 aromatic carbocycles. The van der Waals surface area contributed by atoms with Gasteiger partial charge in [-0.05, 0) is 34.2 Å². The van der Waals surface area contributed by atoms with Gasteiger partial charge in [-0.25, -0.2) is 4.98 Å². The Morgan fingerprint density at radius 2 is 1.85 bits per heavy atom. The van der Waals surface area contributed by atoms with Gasteiger partial charge < -0.3 is 0 Å². The van der Waals surface area contributed by atoms with E-state index in [1.807, 2.05) is 48.5 Å². The van der Waals surface area contributed by atoms with E-state index in [4.69, 9.17) is 11.6 Å². The van der Waals surface area contributed by atoms with Gasteiger partial charge in [-0.15, -0.1) is 5.10 Å². The van der Waals surface area contributed by atoms with Gasteiger partial charge >= 0.3 is 0 Å². The number of hydrogen-bond acceptors (Lipinski definition) is 4. The van der Waals surface area contributed by atoms with Crippen LogP contribution in [-0.4, -0.2) is 25.0 Å². The number of hydrogen-bond donors (Lipinski definition) is 0. The number of benzene rings is 1. The van der Waals surface area contributed by atoms with E-state index in [0.717, 1.165) is 16.5 Å². The number of halogens is 1. The molecule has 0 spiro atoms. The predicted molar refractivity (Wildman–Crippen MR) is 76.5 cm³/mol. The first-order valence-electron chi connectivity index (χ1n) is 6.06. The lowest BCUT2D eigenvalue weighted by atomic mass is 10.1. The van der Waals surface area contributed by atoms with E-state index in [2.05, 4.69) is 20.5 Å². The smallest absolute Gasteiger partial charge is 0.181 e. The average molecular weight is 282 g/mol. The third-order valence-electron chi connectivity index (χ3n) is 3.18. The Morgan fingerprint density at radius 1 is 1.00 bits per heavy atom. The fraction of sp³-hybridized carbons (Fsp3) is 0. The van der Waals surface area contributed by atoms with Crippen molar-refractivity contribution in [3.8, 4) is 11.1 Å². The van der Waals surface area contributed by atoms with Gasteiger partial charge in [0.2, 0.25) is 0 Å². The first kappa shape index (κ1) is 11.3. The summed E-state index contributed by atoms with van der Waals surface area (Å²) in [6.07, 6.45) is 0. The highest BCUT2D eigenvalue weighted by atomic mass is 35.5. The lowest BCUT2D eigenvalue weighted by Gasteiger charge is -2.06. The Bertz CT molecular complexity index is 917. The van der Waals surface area contributed by atoms with Gasteiger partial charge in [-0.1, -0.05) is 41.9 Å². The van der Waals surface area contributed by atoms with Crippen LogP contribution in [0.3, 0.4) is 0 Å². The Kier molecular flexibility index (Phi) is 2.40. The van der Waals surface area contributed by atoms with Gasteiger partial charge in [-0.3, -0.25) is 0 Å². The molecule has 4 rings (SSSR count). The summed E-state index contributed by atoms with van der Waals surface area (Å²) in [7, 11) is 0. The number of tetrazole rings is 1. The molecule has 0 saturated heterocycles. The third kappa shape index (κ3) is 1.64. The zero-order chi connectivity index (χ0) is 13.5. The molecule has 0 aliphatic carbocycles. The molecule has 5 nitrogen and oxygen atoms in total. The molecule has 0 fully saturated rings. The molecule has 6 heteroatoms. The van der Waals surface area contributed by atoms with Gasteiger partial charge in [0.25, 0.3) is 0 Å². The van der Waals surface area contributed by atoms with Crippen LogP contribution in [0.2, 0.25) is 5.15 Å². The molecule has 0 amide bonds. The first-order chi connectivity index (χ1) is 9.83. The minimum absolute atomic E-state index is 0.437. The van der Waals surface area contributed by atoms with Crippen molar-refractivity contribution in [2.75, 3.05) is 0 Å². The van der Waals surface area contributed by atoms with Crippen molar-refractivity contribution < 1.29 is 0 Å². The van der Waals surface area contributed by atoms with Crippen molar-refractivity contribution >= 4 is 28.3 Å². The fourth-order valence-corrected chi connectivity index (χ4v) is 2.47. The fourth-order valence-electron chi connectivity index (χ4n) is 2.22. The molecule has 0 aliphatic heterocycles. The van der Waals surface area contributed by atoms with Crippen LogP contribution >= 0.6 is 11.6 Å². The van der Waals surface area contributed by atoms with Crippen LogP contribution in [0.15, 0.2) is 48.5 Å². The summed E-state index contributed by atoms with van der Waals surface area (Å²) in [5.74, 6) is 0. The van der Waals surface area contributed by atoms with Crippen LogP contribution in [0.25, 0.3) is 27.8 Å². The normalized spacial score (nSPS) is 11.2. The molecule has 3 aromatic heterocycles. The summed E-state index contributed by atoms with van der Waals surface area (Å²) >= 11 is 6.31. The highest BCUT2D eigenvalue weighted by Gasteiger charge is 2.10. The highest BCUT2D eigenvalue weighted by molar-refractivity contribution is 6.32. The Balaban J connectivity index is 2.05. The molecule has 3 heterocycles. The summed E-state index contributed by atoms with van der Waals surface area (Å²) in [6.45, 7) is 0. The van der Waals surface area contributed by atoms with Crippen molar-refractivity contribution in [1.82, 2.24) is 25.0 Å². The lowest BCUT2D eigenvalue weighted by Crippen LogP contribution is -1.95. The van der Waals surface area contributed by atoms with Crippen LogP contribution in [0.5, 0.6) is 0 Å². The van der Waals surface area contributed by atoms with E-state index in [-0.39, 0.29) is 0 Å². The molecule has 0 atom stereocenters. The molecular weight excluding hydrogens is 274 g/mol. The largest absolute Gasteiger partial charge is 0.216 e. The van der Waals surface area contributed by atoms with Gasteiger partial charge in [0.05, 0.1) is 0 Å². The van der Waals surface area contributed by atoms with E-state index in [1.54, 1.807) is 4.52 Å². The number of fused-ring (bicyclic) bond motifs is 3. The third-order valence-corrected chi connectivity index (χ3v) is 3.46. The minimum atomic E-state index is 0.437. The first-order valence-corrected chi connectivity index (χ1v) is 6.43. The molecule has 0 radical (unpaired) electrons. The number of nitrogens with zero attached hydrogens (tertiary/aromatic N) is 5. The quantitative estimate of drug-likeness (QED) is 0.503. The van der Waals surface area contributed by atoms with Crippen LogP contribution in [0, 0.1) is 0 Å². The Labute approximate surface area is 118 Å². The van der Waals surface area contributed by atoms with E-state index in [0.29, 0.717) is 16.4 Å². The van der Waals surface area contributed by atoms with Gasteiger partial charge in [-0.2, -0.15) is 4.52 Å². The van der Waals surface area contributed by atoms with Crippen LogP contribution < -0.4 is 0 Å². The maximum absolute atomic E-state index is 6.31. The molecule has 96 valence electrons. The molecule has 0 unspecified atom stereocenters. The summed E-state index contributed by atoms with van der Waals surface area (Å²) in [5, 5.41) is 12.8. The predicted octanol–water partition coefficient (Wildman–Crippen LogP) is 2.99. The zero-order valence-electron chi connectivity index (χ0n) is 10.2. The van der Waals surface area contributed by atoms with Gasteiger partial charge in [0.1, 0.15) is 5.15 Å². The highest BCUT2D eigenvalue weighted by Crippen LogP contribution is 2.29. The Hall–Kier alpha value is -2.53. The molecule has 0 N–H and O–H groups in total. The SMILES string of the molecule is Clc1nc2c(ccc3nnnn32)cc1-c1ccccc1. The number of rotatable bonds is 1. The van der Waals surface area contributed by atoms with Gasteiger partial charge in [0, 0.05) is 10.9 Å². The average Bonchev–Trinajstić information content (AvgIpc) is 2.96. The van der Waals surface area contributed by atoms with E-state index in [1.165, 1.54) is 0 Å². The summed E-state index contributed by atoms with van der Waals surface area (Å²) < 4.78 is 1.58. The maximum atomic E-state index is 6.31. The molecule has 20 heavy (non-hydrogen) atoms. The lowest BCUT2D eigenvalue weighted by molar-refractivity contribution is 0.835. The second-order valence-corrected chi connectivity index (χ2v) is 4.75. The summed E-state index contributed by atoms with van der Waals surface area (Å²) in [6, 6.07) is 15.7. The summed E-state index contributed by atoms with van der Waals surface area (Å²) in [4.78, 5) is 4.44. The Morgan fingerprint density at radius 3 is 2.70 bits per heavy atom. The molecule has 4 aromatic rings. The second-order valence-electron chi connectivity index (χ2n) is 4.39. The van der Waals surface area contributed by atoms with Crippen molar-refractivity contribution in [3.05, 3.63) is 53.7 Å². The standard InChI is InChI=1S/C14H8ClN5/c15-13-11(9-4-2-1-3-5-9)8-10-6-7-12-17-18-19-20(12)14(10)16-13/h1-8H. The van der Waals surface area contributed by atoms with E-state index >= 15 is 0 Å². The molecule has 0 aliphatic rings. The van der Waals surface area contributed by atoms with Crippen LogP contribution in [0.1, 0.15) is 0 Å². The minimum Gasteiger partial charge on any atom is -0.216 e. The summed E-state index contributed by atoms with van der Waals surface area (Å²) in [5.41, 5.74) is 3.22. The van der Waals surface area contributed by atoms with Crippen LogP contribution in [0.4, 0.5) is 0 Å². The maximum Gasteiger partial charge on any atom is 0.181 e. The van der Waals surface area contributed by atoms with E-state index < -0.39 is 0 Å². The second kappa shape index (κ2) is 4.25. The van der Waals surface area contributed by atoms with Crippen molar-refractivity contribution in [2.24, 2.45) is 0 Å². The topological polar surface area (TPSA) is 56.0 Å². The monoisotopic (exact) mass is 281 g/mol. The number of aromatic nitrogens is 5. The molecular formula is C14H8ClN5. The van der Waals surface area contributed by atoms with E-state index in [9.17, 15) is 0 Å².